The molecule has 0 aliphatic carbocycles. The Morgan fingerprint density at radius 3 is 2.79 bits per heavy atom. The Hall–Kier alpha value is -1.09. The molecule has 0 fully saturated rings. The third kappa shape index (κ3) is 2.45. The Bertz CT molecular complexity index is 377. The molecule has 0 unspecified atom stereocenters. The van der Waals surface area contributed by atoms with Crippen LogP contribution in [0.4, 0.5) is 10.1 Å². The van der Waals surface area contributed by atoms with Gasteiger partial charge in [0, 0.05) is 11.8 Å². The molecule has 0 saturated heterocycles. The normalized spacial score (nSPS) is 11.9. The summed E-state index contributed by atoms with van der Waals surface area (Å²) in [6.07, 6.45) is 0.739. The number of rotatable bonds is 2. The predicted molar refractivity (Wildman–Crippen MR) is 56.1 cm³/mol. The third-order valence-corrected chi connectivity index (χ3v) is 2.14. The maximum absolute atomic E-state index is 13.2. The molecular formula is C10H11ClFNO. The fourth-order valence-electron chi connectivity index (χ4n) is 0.897. The predicted octanol–water partition coefficient (Wildman–Crippen LogP) is 3.69. The van der Waals surface area contributed by atoms with Crippen molar-refractivity contribution in [1.82, 2.24) is 0 Å². The van der Waals surface area contributed by atoms with Crippen LogP contribution in [0, 0.1) is 5.82 Å². The van der Waals surface area contributed by atoms with Crippen LogP contribution in [0.15, 0.2) is 17.1 Å². The fraction of sp³-hybridized carbons (Fsp3) is 0.300. The van der Waals surface area contributed by atoms with Gasteiger partial charge < -0.3 is 5.11 Å². The van der Waals surface area contributed by atoms with E-state index in [9.17, 15) is 9.50 Å². The van der Waals surface area contributed by atoms with E-state index < -0.39 is 5.82 Å². The van der Waals surface area contributed by atoms with Crippen molar-refractivity contribution in [3.63, 3.8) is 0 Å². The van der Waals surface area contributed by atoms with Crippen molar-refractivity contribution in [2.45, 2.75) is 20.3 Å². The summed E-state index contributed by atoms with van der Waals surface area (Å²) in [6.45, 7) is 3.72. The van der Waals surface area contributed by atoms with E-state index in [0.29, 0.717) is 0 Å². The van der Waals surface area contributed by atoms with Crippen LogP contribution in [0.1, 0.15) is 20.3 Å². The Morgan fingerprint density at radius 1 is 1.57 bits per heavy atom. The number of aliphatic imine (C=N–C) groups is 1. The lowest BCUT2D eigenvalue weighted by molar-refractivity contribution is 0.474. The van der Waals surface area contributed by atoms with Gasteiger partial charge in [-0.05, 0) is 19.4 Å². The zero-order chi connectivity index (χ0) is 10.7. The van der Waals surface area contributed by atoms with Crippen LogP contribution in [0.2, 0.25) is 5.02 Å². The second-order valence-electron chi connectivity index (χ2n) is 2.96. The molecule has 0 aliphatic heterocycles. The number of benzene rings is 1. The number of nitrogens with zero attached hydrogens (tertiary/aromatic N) is 1. The van der Waals surface area contributed by atoms with Crippen LogP contribution >= 0.6 is 11.6 Å². The molecule has 1 N–H and O–H groups in total. The van der Waals surface area contributed by atoms with Gasteiger partial charge in [-0.2, -0.15) is 0 Å². The van der Waals surface area contributed by atoms with E-state index in [0.717, 1.165) is 18.2 Å². The molecule has 2 nitrogen and oxygen atoms in total. The molecule has 1 aromatic rings. The van der Waals surface area contributed by atoms with Crippen molar-refractivity contribution >= 4 is 23.0 Å². The largest absolute Gasteiger partial charge is 0.506 e. The maximum Gasteiger partial charge on any atom is 0.150 e. The highest BCUT2D eigenvalue weighted by Gasteiger charge is 2.06. The molecule has 0 heterocycles. The first-order chi connectivity index (χ1) is 6.54. The van der Waals surface area contributed by atoms with E-state index in [1.807, 2.05) is 6.92 Å². The maximum atomic E-state index is 13.2. The summed E-state index contributed by atoms with van der Waals surface area (Å²) in [7, 11) is 0. The molecule has 0 spiro atoms. The van der Waals surface area contributed by atoms with E-state index in [4.69, 9.17) is 11.6 Å². The number of phenols is 1. The van der Waals surface area contributed by atoms with E-state index in [1.165, 1.54) is 6.07 Å². The van der Waals surface area contributed by atoms with Crippen LogP contribution in [0.3, 0.4) is 0 Å². The summed E-state index contributed by atoms with van der Waals surface area (Å²) in [5, 5.41) is 9.24. The average Bonchev–Trinajstić information content (AvgIpc) is 2.14. The second kappa shape index (κ2) is 4.42. The Morgan fingerprint density at radius 2 is 2.21 bits per heavy atom. The lowest BCUT2D eigenvalue weighted by atomic mass is 10.2. The highest BCUT2D eigenvalue weighted by atomic mass is 35.5. The summed E-state index contributed by atoms with van der Waals surface area (Å²) in [6, 6.07) is 2.27. The van der Waals surface area contributed by atoms with E-state index in [2.05, 4.69) is 4.99 Å². The molecule has 1 rings (SSSR count). The quantitative estimate of drug-likeness (QED) is 0.750. The van der Waals surface area contributed by atoms with Crippen molar-refractivity contribution in [3.05, 3.63) is 23.0 Å². The van der Waals surface area contributed by atoms with E-state index in [1.54, 1.807) is 6.92 Å². The Labute approximate surface area is 87.0 Å². The van der Waals surface area contributed by atoms with Crippen LogP contribution in [-0.2, 0) is 0 Å². The van der Waals surface area contributed by atoms with Gasteiger partial charge in [0.05, 0.1) is 5.02 Å². The van der Waals surface area contributed by atoms with Crippen molar-refractivity contribution in [1.29, 1.82) is 0 Å². The molecule has 14 heavy (non-hydrogen) atoms. The molecule has 0 bridgehead atoms. The molecular weight excluding hydrogens is 205 g/mol. The van der Waals surface area contributed by atoms with Crippen LogP contribution in [0.5, 0.6) is 5.75 Å². The molecule has 0 aliphatic rings. The van der Waals surface area contributed by atoms with Crippen LogP contribution in [0.25, 0.3) is 0 Å². The number of hydrogen-bond acceptors (Lipinski definition) is 2. The second-order valence-corrected chi connectivity index (χ2v) is 3.36. The first kappa shape index (κ1) is 11.0. The zero-order valence-corrected chi connectivity index (χ0v) is 8.77. The summed E-state index contributed by atoms with van der Waals surface area (Å²) in [5.74, 6) is -0.684. The summed E-state index contributed by atoms with van der Waals surface area (Å²) < 4.78 is 13.2. The summed E-state index contributed by atoms with van der Waals surface area (Å²) in [4.78, 5) is 4.00. The molecule has 76 valence electrons. The van der Waals surface area contributed by atoms with Gasteiger partial charge in [0.25, 0.3) is 0 Å². The first-order valence-electron chi connectivity index (χ1n) is 4.26. The molecule has 0 amide bonds. The molecule has 1 aromatic carbocycles. The van der Waals surface area contributed by atoms with Gasteiger partial charge in [-0.1, -0.05) is 18.5 Å². The van der Waals surface area contributed by atoms with Crippen molar-refractivity contribution in [2.75, 3.05) is 0 Å². The number of aromatic hydroxyl groups is 1. The lowest BCUT2D eigenvalue weighted by Crippen LogP contribution is -1.87. The van der Waals surface area contributed by atoms with E-state index in [-0.39, 0.29) is 16.5 Å². The topological polar surface area (TPSA) is 32.6 Å². The first-order valence-corrected chi connectivity index (χ1v) is 4.64. The SMILES string of the molecule is CCC(C)=Nc1cc(O)c(Cl)cc1F. The highest BCUT2D eigenvalue weighted by Crippen LogP contribution is 2.30. The Balaban J connectivity index is 3.16. The van der Waals surface area contributed by atoms with Gasteiger partial charge in [-0.15, -0.1) is 0 Å². The molecule has 0 atom stereocenters. The summed E-state index contributed by atoms with van der Waals surface area (Å²) >= 11 is 5.52. The number of halogens is 2. The van der Waals surface area contributed by atoms with Crippen molar-refractivity contribution in [2.24, 2.45) is 4.99 Å². The lowest BCUT2D eigenvalue weighted by Gasteiger charge is -2.02. The van der Waals surface area contributed by atoms with Gasteiger partial charge in [-0.3, -0.25) is 4.99 Å². The summed E-state index contributed by atoms with van der Waals surface area (Å²) in [5.41, 5.74) is 0.914. The zero-order valence-electron chi connectivity index (χ0n) is 8.01. The smallest absolute Gasteiger partial charge is 0.150 e. The molecule has 4 heteroatoms. The standard InChI is InChI=1S/C10H11ClFNO/c1-3-6(2)13-9-5-10(14)7(11)4-8(9)12/h4-5,14H,3H2,1-2H3. The molecule has 0 aromatic heterocycles. The molecule has 0 radical (unpaired) electrons. The fourth-order valence-corrected chi connectivity index (χ4v) is 1.05. The Kier molecular flexibility index (Phi) is 3.47. The van der Waals surface area contributed by atoms with Gasteiger partial charge in [0.1, 0.15) is 11.4 Å². The highest BCUT2D eigenvalue weighted by molar-refractivity contribution is 6.32. The minimum absolute atomic E-state index is 0.00407. The number of phenolic OH excluding ortho intramolecular Hbond substituents is 1. The van der Waals surface area contributed by atoms with Gasteiger partial charge in [0.15, 0.2) is 5.82 Å². The average molecular weight is 216 g/mol. The monoisotopic (exact) mass is 215 g/mol. The minimum Gasteiger partial charge on any atom is -0.506 e. The van der Waals surface area contributed by atoms with Gasteiger partial charge in [-0.25, -0.2) is 4.39 Å². The number of hydrogen-bond donors (Lipinski definition) is 1. The van der Waals surface area contributed by atoms with Crippen LogP contribution in [-0.4, -0.2) is 10.8 Å². The van der Waals surface area contributed by atoms with Crippen LogP contribution < -0.4 is 0 Å². The van der Waals surface area contributed by atoms with Gasteiger partial charge in [0.2, 0.25) is 0 Å². The molecule has 0 saturated carbocycles. The van der Waals surface area contributed by atoms with Crippen molar-refractivity contribution in [3.8, 4) is 5.75 Å². The van der Waals surface area contributed by atoms with E-state index >= 15 is 0 Å². The minimum atomic E-state index is -0.527. The third-order valence-electron chi connectivity index (χ3n) is 1.84. The van der Waals surface area contributed by atoms with Gasteiger partial charge >= 0.3 is 0 Å². The van der Waals surface area contributed by atoms with Crippen molar-refractivity contribution < 1.29 is 9.50 Å².